The Hall–Kier alpha value is -0.580. The Kier molecular flexibility index (Phi) is 3.29. The quantitative estimate of drug-likeness (QED) is 0.861. The maximum Gasteiger partial charge on any atom is 0.137 e. The molecule has 82 valence electrons. The topological polar surface area (TPSA) is 29.5 Å². The smallest absolute Gasteiger partial charge is 0.137 e. The number of rotatable bonds is 3. The lowest BCUT2D eigenvalue weighted by Gasteiger charge is -2.25. The highest BCUT2D eigenvalue weighted by Gasteiger charge is 2.21. The molecule has 1 unspecified atom stereocenters. The summed E-state index contributed by atoms with van der Waals surface area (Å²) in [5.41, 5.74) is 0.613. The summed E-state index contributed by atoms with van der Waals surface area (Å²) < 4.78 is 18.6. The summed E-state index contributed by atoms with van der Waals surface area (Å²) in [5.74, 6) is -0.259. The molecule has 0 radical (unpaired) electrons. The van der Waals surface area contributed by atoms with Crippen molar-refractivity contribution in [2.24, 2.45) is 0 Å². The summed E-state index contributed by atoms with van der Waals surface area (Å²) in [7, 11) is 0. The highest BCUT2D eigenvalue weighted by Crippen LogP contribution is 2.31. The monoisotopic (exact) mass is 228 g/mol. The Morgan fingerprint density at radius 1 is 1.53 bits per heavy atom. The molecule has 2 rings (SSSR count). The third-order valence-electron chi connectivity index (χ3n) is 2.34. The average molecular weight is 228 g/mol. The molecule has 1 fully saturated rings. The van der Waals surface area contributed by atoms with Crippen LogP contribution in [0.25, 0.3) is 0 Å². The minimum atomic E-state index is -0.620. The Morgan fingerprint density at radius 3 is 2.73 bits per heavy atom. The first-order chi connectivity index (χ1) is 7.16. The Bertz CT molecular complexity index is 350. The van der Waals surface area contributed by atoms with E-state index in [9.17, 15) is 9.50 Å². The molecular weight excluding hydrogens is 215 g/mol. The van der Waals surface area contributed by atoms with E-state index in [0.29, 0.717) is 28.9 Å². The van der Waals surface area contributed by atoms with Gasteiger partial charge < -0.3 is 9.84 Å². The van der Waals surface area contributed by atoms with E-state index in [4.69, 9.17) is 4.74 Å². The van der Waals surface area contributed by atoms with Crippen molar-refractivity contribution in [1.29, 1.82) is 0 Å². The van der Waals surface area contributed by atoms with Gasteiger partial charge in [-0.15, -0.1) is 11.8 Å². The zero-order valence-corrected chi connectivity index (χ0v) is 9.26. The van der Waals surface area contributed by atoms with Gasteiger partial charge in [-0.25, -0.2) is 4.39 Å². The largest absolute Gasteiger partial charge is 0.389 e. The molecule has 1 N–H and O–H groups in total. The minimum absolute atomic E-state index is 0.259. The Labute approximate surface area is 92.4 Å². The van der Waals surface area contributed by atoms with E-state index in [1.807, 2.05) is 0 Å². The molecular formula is C11H13FO2S. The average Bonchev–Trinajstić information content (AvgIpc) is 2.12. The highest BCUT2D eigenvalue weighted by molar-refractivity contribution is 8.00. The predicted octanol–water partition coefficient (Wildman–Crippen LogP) is 2.37. The molecule has 1 heterocycles. The molecule has 15 heavy (non-hydrogen) atoms. The number of halogens is 1. The van der Waals surface area contributed by atoms with Gasteiger partial charge in [-0.1, -0.05) is 6.07 Å². The molecule has 0 aliphatic carbocycles. The van der Waals surface area contributed by atoms with Crippen molar-refractivity contribution in [2.45, 2.75) is 23.2 Å². The number of thioether (sulfide) groups is 1. The molecule has 2 nitrogen and oxygen atoms in total. The fourth-order valence-corrected chi connectivity index (χ4v) is 2.34. The van der Waals surface area contributed by atoms with Gasteiger partial charge in [-0.05, 0) is 24.6 Å². The molecule has 4 heteroatoms. The van der Waals surface area contributed by atoms with Gasteiger partial charge >= 0.3 is 0 Å². The number of benzene rings is 1. The molecule has 0 amide bonds. The molecule has 0 spiro atoms. The first-order valence-corrected chi connectivity index (χ1v) is 5.76. The highest BCUT2D eigenvalue weighted by atomic mass is 32.2. The van der Waals surface area contributed by atoms with Crippen LogP contribution in [0.2, 0.25) is 0 Å². The van der Waals surface area contributed by atoms with Crippen LogP contribution in [-0.4, -0.2) is 23.6 Å². The molecule has 1 aromatic carbocycles. The van der Waals surface area contributed by atoms with Crippen LogP contribution in [0.4, 0.5) is 4.39 Å². The lowest BCUT2D eigenvalue weighted by Crippen LogP contribution is -2.30. The maximum atomic E-state index is 13.6. The van der Waals surface area contributed by atoms with Gasteiger partial charge in [0.2, 0.25) is 0 Å². The van der Waals surface area contributed by atoms with E-state index in [1.54, 1.807) is 19.1 Å². The number of hydrogen-bond donors (Lipinski definition) is 1. The summed E-state index contributed by atoms with van der Waals surface area (Å²) in [5, 5.41) is 9.66. The fourth-order valence-electron chi connectivity index (χ4n) is 1.33. The van der Waals surface area contributed by atoms with Crippen LogP contribution >= 0.6 is 11.8 Å². The van der Waals surface area contributed by atoms with Gasteiger partial charge in [-0.3, -0.25) is 0 Å². The molecule has 1 atom stereocenters. The number of aliphatic hydroxyl groups is 1. The molecule has 1 saturated heterocycles. The number of hydrogen-bond acceptors (Lipinski definition) is 3. The predicted molar refractivity (Wildman–Crippen MR) is 57.5 cm³/mol. The van der Waals surface area contributed by atoms with Crippen molar-refractivity contribution < 1.29 is 14.2 Å². The molecule has 0 bridgehead atoms. The van der Waals surface area contributed by atoms with E-state index in [0.717, 1.165) is 0 Å². The summed E-state index contributed by atoms with van der Waals surface area (Å²) in [6, 6.07) is 4.88. The van der Waals surface area contributed by atoms with E-state index < -0.39 is 6.10 Å². The fraction of sp³-hybridized carbons (Fsp3) is 0.455. The standard InChI is InChI=1S/C11H13FO2S/c1-7(13)8-2-3-11(10(12)4-8)15-9-5-14-6-9/h2-4,7,9,13H,5-6H2,1H3. The first kappa shape index (κ1) is 10.9. The van der Waals surface area contributed by atoms with Gasteiger partial charge in [0.15, 0.2) is 0 Å². The first-order valence-electron chi connectivity index (χ1n) is 4.88. The lowest BCUT2D eigenvalue weighted by molar-refractivity contribution is 0.0455. The molecule has 0 saturated carbocycles. The van der Waals surface area contributed by atoms with Crippen LogP contribution in [-0.2, 0) is 4.74 Å². The van der Waals surface area contributed by atoms with Crippen molar-refractivity contribution in [3.63, 3.8) is 0 Å². The second kappa shape index (κ2) is 4.51. The summed E-state index contributed by atoms with van der Waals surface area (Å²) in [6.45, 7) is 3.02. The van der Waals surface area contributed by atoms with Gasteiger partial charge in [-0.2, -0.15) is 0 Å². The van der Waals surface area contributed by atoms with Crippen molar-refractivity contribution in [1.82, 2.24) is 0 Å². The SMILES string of the molecule is CC(O)c1ccc(SC2COC2)c(F)c1. The molecule has 1 aromatic rings. The summed E-state index contributed by atoms with van der Waals surface area (Å²) >= 11 is 1.50. The second-order valence-electron chi connectivity index (χ2n) is 3.64. The number of ether oxygens (including phenoxy) is 1. The Balaban J connectivity index is 2.11. The van der Waals surface area contributed by atoms with Crippen LogP contribution in [0.15, 0.2) is 23.1 Å². The molecule has 1 aliphatic heterocycles. The van der Waals surface area contributed by atoms with Crippen molar-refractivity contribution in [3.05, 3.63) is 29.6 Å². The van der Waals surface area contributed by atoms with Gasteiger partial charge in [0.1, 0.15) is 5.82 Å². The normalized spacial score (nSPS) is 18.6. The van der Waals surface area contributed by atoms with Crippen LogP contribution in [0.3, 0.4) is 0 Å². The van der Waals surface area contributed by atoms with E-state index in [2.05, 4.69) is 0 Å². The summed E-state index contributed by atoms with van der Waals surface area (Å²) in [6.07, 6.45) is -0.620. The minimum Gasteiger partial charge on any atom is -0.389 e. The maximum absolute atomic E-state index is 13.6. The van der Waals surface area contributed by atoms with Crippen LogP contribution < -0.4 is 0 Å². The van der Waals surface area contributed by atoms with E-state index >= 15 is 0 Å². The zero-order valence-electron chi connectivity index (χ0n) is 8.44. The molecule has 0 aromatic heterocycles. The van der Waals surface area contributed by atoms with Gasteiger partial charge in [0.05, 0.1) is 24.6 Å². The van der Waals surface area contributed by atoms with Crippen LogP contribution in [0.1, 0.15) is 18.6 Å². The third kappa shape index (κ3) is 2.51. The van der Waals surface area contributed by atoms with Crippen LogP contribution in [0, 0.1) is 5.82 Å². The number of aliphatic hydroxyl groups excluding tert-OH is 1. The van der Waals surface area contributed by atoms with E-state index in [-0.39, 0.29) is 5.82 Å². The zero-order chi connectivity index (χ0) is 10.8. The molecule has 1 aliphatic rings. The van der Waals surface area contributed by atoms with Crippen molar-refractivity contribution in [2.75, 3.05) is 13.2 Å². The summed E-state index contributed by atoms with van der Waals surface area (Å²) in [4.78, 5) is 0.632. The van der Waals surface area contributed by atoms with Gasteiger partial charge in [0.25, 0.3) is 0 Å². The van der Waals surface area contributed by atoms with Crippen molar-refractivity contribution in [3.8, 4) is 0 Å². The Morgan fingerprint density at radius 2 is 2.27 bits per heavy atom. The van der Waals surface area contributed by atoms with Crippen molar-refractivity contribution >= 4 is 11.8 Å². The van der Waals surface area contributed by atoms with Crippen LogP contribution in [0.5, 0.6) is 0 Å². The van der Waals surface area contributed by atoms with Gasteiger partial charge in [0, 0.05) is 4.90 Å². The second-order valence-corrected chi connectivity index (χ2v) is 4.99. The lowest BCUT2D eigenvalue weighted by atomic mass is 10.1. The van der Waals surface area contributed by atoms with E-state index in [1.165, 1.54) is 17.8 Å². The third-order valence-corrected chi connectivity index (χ3v) is 3.53.